The number of carboxylic acids is 2. The fourth-order valence-corrected chi connectivity index (χ4v) is 4.12. The molecule has 2 aromatic carbocycles. The Hall–Kier alpha value is -5.03. The van der Waals surface area contributed by atoms with E-state index < -0.39 is 30.5 Å². The number of aromatic amines is 1. The summed E-state index contributed by atoms with van der Waals surface area (Å²) < 4.78 is 5.65. The maximum atomic E-state index is 13.4. The monoisotopic (exact) mass is 544 g/mol. The number of H-pyrrole nitrogens is 1. The van der Waals surface area contributed by atoms with Gasteiger partial charge in [0.25, 0.3) is 5.91 Å². The summed E-state index contributed by atoms with van der Waals surface area (Å²) >= 11 is 0. The SMILES string of the molecule is CCOc1nc(C(=O)N(Cc2ccccc2)CC(O)C(=O)O)[nH]c1Cc1ccc(-c2ccccc2C(=O)O)nc1. The summed E-state index contributed by atoms with van der Waals surface area (Å²) in [6, 6.07) is 19.1. The first kappa shape index (κ1) is 28.0. The number of aromatic nitrogens is 3. The van der Waals surface area contributed by atoms with Gasteiger partial charge in [-0.1, -0.05) is 54.6 Å². The molecule has 0 saturated heterocycles. The average molecular weight is 545 g/mol. The smallest absolute Gasteiger partial charge is 0.336 e. The Morgan fingerprint density at radius 3 is 2.35 bits per heavy atom. The van der Waals surface area contributed by atoms with Crippen molar-refractivity contribution in [2.75, 3.05) is 13.2 Å². The van der Waals surface area contributed by atoms with Gasteiger partial charge in [-0.25, -0.2) is 9.59 Å². The molecule has 0 aliphatic carbocycles. The number of carbonyl (C=O) groups is 3. The molecule has 0 aliphatic rings. The first-order valence-electron chi connectivity index (χ1n) is 12.5. The van der Waals surface area contributed by atoms with Gasteiger partial charge in [0, 0.05) is 24.7 Å². The van der Waals surface area contributed by atoms with Crippen molar-refractivity contribution in [1.29, 1.82) is 0 Å². The number of benzene rings is 2. The molecule has 0 fully saturated rings. The summed E-state index contributed by atoms with van der Waals surface area (Å²) in [4.78, 5) is 49.3. The number of hydrogen-bond donors (Lipinski definition) is 4. The second-order valence-corrected chi connectivity index (χ2v) is 8.91. The van der Waals surface area contributed by atoms with E-state index in [1.54, 1.807) is 67.7 Å². The number of rotatable bonds is 12. The highest BCUT2D eigenvalue weighted by Crippen LogP contribution is 2.24. The second kappa shape index (κ2) is 12.7. The third-order valence-corrected chi connectivity index (χ3v) is 6.05. The molecule has 0 radical (unpaired) electrons. The maximum absolute atomic E-state index is 13.4. The summed E-state index contributed by atoms with van der Waals surface area (Å²) in [5.41, 5.74) is 3.15. The minimum atomic E-state index is -1.77. The first-order valence-corrected chi connectivity index (χ1v) is 12.5. The van der Waals surface area contributed by atoms with E-state index in [1.165, 1.54) is 11.0 Å². The van der Waals surface area contributed by atoms with Crippen LogP contribution in [0.3, 0.4) is 0 Å². The van der Waals surface area contributed by atoms with Crippen molar-refractivity contribution in [1.82, 2.24) is 19.9 Å². The van der Waals surface area contributed by atoms with Gasteiger partial charge in [0.05, 0.1) is 30.1 Å². The topological polar surface area (TPSA) is 166 Å². The zero-order valence-corrected chi connectivity index (χ0v) is 21.7. The summed E-state index contributed by atoms with van der Waals surface area (Å²) in [5, 5.41) is 28.6. The quantitative estimate of drug-likeness (QED) is 0.209. The molecule has 1 unspecified atom stereocenters. The van der Waals surface area contributed by atoms with Crippen LogP contribution in [0.1, 0.15) is 44.7 Å². The molecule has 4 N–H and O–H groups in total. The lowest BCUT2D eigenvalue weighted by Gasteiger charge is -2.23. The molecule has 4 aromatic rings. The number of imidazole rings is 1. The lowest BCUT2D eigenvalue weighted by molar-refractivity contribution is -0.147. The number of ether oxygens (including phenoxy) is 1. The van der Waals surface area contributed by atoms with E-state index in [0.29, 0.717) is 23.6 Å². The number of nitrogens with one attached hydrogen (secondary N) is 1. The van der Waals surface area contributed by atoms with Gasteiger partial charge in [-0.15, -0.1) is 0 Å². The van der Waals surface area contributed by atoms with E-state index in [4.69, 9.17) is 4.74 Å². The lowest BCUT2D eigenvalue weighted by Crippen LogP contribution is -2.40. The van der Waals surface area contributed by atoms with Crippen LogP contribution in [0.2, 0.25) is 0 Å². The highest BCUT2D eigenvalue weighted by atomic mass is 16.5. The number of hydrogen-bond acceptors (Lipinski definition) is 7. The van der Waals surface area contributed by atoms with Crippen molar-refractivity contribution < 1.29 is 34.4 Å². The Labute approximate surface area is 229 Å². The molecule has 0 saturated carbocycles. The van der Waals surface area contributed by atoms with E-state index in [0.717, 1.165) is 11.1 Å². The second-order valence-electron chi connectivity index (χ2n) is 8.91. The Bertz CT molecular complexity index is 1490. The maximum Gasteiger partial charge on any atom is 0.336 e. The van der Waals surface area contributed by atoms with Crippen LogP contribution < -0.4 is 4.74 Å². The molecule has 2 heterocycles. The van der Waals surface area contributed by atoms with Gasteiger partial charge in [-0.05, 0) is 30.2 Å². The van der Waals surface area contributed by atoms with E-state index >= 15 is 0 Å². The molecule has 4 rings (SSSR count). The fourth-order valence-electron chi connectivity index (χ4n) is 4.12. The van der Waals surface area contributed by atoms with Crippen molar-refractivity contribution in [3.63, 3.8) is 0 Å². The standard InChI is InChI=1S/C29H28N4O7/c1-2-40-26-23(14-19-12-13-22(30-15-19)20-10-6-7-11-21(20)28(36)37)31-25(32-26)27(35)33(17-24(34)29(38)39)16-18-8-4-3-5-9-18/h3-13,15,24,34H,2,14,16-17H2,1H3,(H,31,32)(H,36,37)(H,38,39). The van der Waals surface area contributed by atoms with Crippen LogP contribution in [0.4, 0.5) is 0 Å². The third-order valence-electron chi connectivity index (χ3n) is 6.05. The van der Waals surface area contributed by atoms with Crippen molar-refractivity contribution in [3.8, 4) is 17.1 Å². The largest absolute Gasteiger partial charge is 0.479 e. The molecule has 40 heavy (non-hydrogen) atoms. The molecule has 206 valence electrons. The third kappa shape index (κ3) is 6.69. The number of aliphatic carboxylic acids is 1. The zero-order valence-electron chi connectivity index (χ0n) is 21.7. The van der Waals surface area contributed by atoms with Gasteiger partial charge < -0.3 is 29.9 Å². The minimum absolute atomic E-state index is 0.0627. The van der Waals surface area contributed by atoms with Gasteiger partial charge >= 0.3 is 11.9 Å². The van der Waals surface area contributed by atoms with E-state index in [1.807, 2.05) is 6.07 Å². The van der Waals surface area contributed by atoms with Gasteiger partial charge in [0.2, 0.25) is 5.88 Å². The number of carboxylic acid groups (broad SMARTS) is 2. The number of nitrogens with zero attached hydrogens (tertiary/aromatic N) is 3. The molecule has 11 heteroatoms. The predicted molar refractivity (Wildman–Crippen MR) is 144 cm³/mol. The average Bonchev–Trinajstić information content (AvgIpc) is 3.35. The highest BCUT2D eigenvalue weighted by Gasteiger charge is 2.27. The molecule has 1 amide bonds. The van der Waals surface area contributed by atoms with Gasteiger partial charge in [0.15, 0.2) is 11.9 Å². The Morgan fingerprint density at radius 1 is 0.975 bits per heavy atom. The number of pyridine rings is 1. The van der Waals surface area contributed by atoms with Crippen LogP contribution in [-0.2, 0) is 17.8 Å². The molecule has 0 spiro atoms. The normalized spacial score (nSPS) is 11.6. The van der Waals surface area contributed by atoms with Gasteiger partial charge in [-0.3, -0.25) is 9.78 Å². The molecule has 0 bridgehead atoms. The predicted octanol–water partition coefficient (Wildman–Crippen LogP) is 3.25. The van der Waals surface area contributed by atoms with Crippen LogP contribution in [0.25, 0.3) is 11.3 Å². The van der Waals surface area contributed by atoms with Crippen molar-refractivity contribution in [2.24, 2.45) is 0 Å². The number of carbonyl (C=O) groups excluding carboxylic acids is 1. The Balaban J connectivity index is 1.59. The molecule has 11 nitrogen and oxygen atoms in total. The Morgan fingerprint density at radius 2 is 1.70 bits per heavy atom. The molecular weight excluding hydrogens is 516 g/mol. The molecule has 1 atom stereocenters. The fraction of sp³-hybridized carbons (Fsp3) is 0.207. The van der Waals surface area contributed by atoms with Crippen LogP contribution in [0, 0.1) is 0 Å². The van der Waals surface area contributed by atoms with Crippen LogP contribution >= 0.6 is 0 Å². The first-order chi connectivity index (χ1) is 19.3. The summed E-state index contributed by atoms with van der Waals surface area (Å²) in [5.74, 6) is -2.94. The number of aliphatic hydroxyl groups excluding tert-OH is 1. The van der Waals surface area contributed by atoms with Crippen molar-refractivity contribution >= 4 is 17.8 Å². The number of amides is 1. The zero-order chi connectivity index (χ0) is 28.6. The molecule has 2 aromatic heterocycles. The number of aliphatic hydroxyl groups is 1. The van der Waals surface area contributed by atoms with E-state index in [2.05, 4.69) is 15.0 Å². The number of aromatic carboxylic acids is 1. The lowest BCUT2D eigenvalue weighted by atomic mass is 10.0. The summed E-state index contributed by atoms with van der Waals surface area (Å²) in [6.45, 7) is 1.70. The molecule has 0 aliphatic heterocycles. The highest BCUT2D eigenvalue weighted by molar-refractivity contribution is 5.95. The van der Waals surface area contributed by atoms with Crippen LogP contribution in [-0.4, -0.2) is 72.3 Å². The van der Waals surface area contributed by atoms with Gasteiger partial charge in [0.1, 0.15) is 0 Å². The van der Waals surface area contributed by atoms with Gasteiger partial charge in [-0.2, -0.15) is 4.98 Å². The Kier molecular flexibility index (Phi) is 8.87. The van der Waals surface area contributed by atoms with Crippen molar-refractivity contribution in [2.45, 2.75) is 26.0 Å². The van der Waals surface area contributed by atoms with E-state index in [-0.39, 0.29) is 30.2 Å². The summed E-state index contributed by atoms with van der Waals surface area (Å²) in [7, 11) is 0. The van der Waals surface area contributed by atoms with Crippen LogP contribution in [0.15, 0.2) is 72.9 Å². The summed E-state index contributed by atoms with van der Waals surface area (Å²) in [6.07, 6.45) is 0.112. The van der Waals surface area contributed by atoms with Crippen molar-refractivity contribution in [3.05, 3.63) is 101 Å². The minimum Gasteiger partial charge on any atom is -0.479 e. The molecular formula is C29H28N4O7. The van der Waals surface area contributed by atoms with Crippen LogP contribution in [0.5, 0.6) is 5.88 Å². The van der Waals surface area contributed by atoms with E-state index in [9.17, 15) is 29.7 Å².